The predicted octanol–water partition coefficient (Wildman–Crippen LogP) is 1.85. The molecular weight excluding hydrogens is 238 g/mol. The lowest BCUT2D eigenvalue weighted by Gasteiger charge is -2.42. The van der Waals surface area contributed by atoms with Crippen LogP contribution in [0.25, 0.3) is 0 Å². The highest BCUT2D eigenvalue weighted by molar-refractivity contribution is 4.94. The number of likely N-dealkylation sites (tertiary alicyclic amines) is 1. The van der Waals surface area contributed by atoms with Crippen LogP contribution in [0.15, 0.2) is 18.5 Å². The van der Waals surface area contributed by atoms with E-state index in [0.29, 0.717) is 6.61 Å². The molecule has 3 rings (SSSR count). The number of hydrogen-bond donors (Lipinski definition) is 1. The molecule has 4 heteroatoms. The second kappa shape index (κ2) is 5.55. The fourth-order valence-electron chi connectivity index (χ4n) is 3.35. The van der Waals surface area contributed by atoms with E-state index in [1.807, 2.05) is 6.07 Å². The van der Waals surface area contributed by atoms with Crippen LogP contribution in [-0.4, -0.2) is 39.7 Å². The van der Waals surface area contributed by atoms with Crippen molar-refractivity contribution in [2.45, 2.75) is 38.6 Å². The van der Waals surface area contributed by atoms with E-state index >= 15 is 0 Å². The zero-order chi connectivity index (χ0) is 13.1. The Morgan fingerprint density at radius 3 is 2.79 bits per heavy atom. The van der Waals surface area contributed by atoms with E-state index in [2.05, 4.69) is 14.9 Å². The lowest BCUT2D eigenvalue weighted by molar-refractivity contribution is 0.0170. The zero-order valence-corrected chi connectivity index (χ0v) is 11.5. The van der Waals surface area contributed by atoms with Crippen LogP contribution in [0.3, 0.4) is 0 Å². The van der Waals surface area contributed by atoms with E-state index in [4.69, 9.17) is 0 Å². The minimum atomic E-state index is 0.133. The molecular formula is C15H23N3O. The molecule has 1 N–H and O–H groups in total. The largest absolute Gasteiger partial charge is 0.396 e. The van der Waals surface area contributed by atoms with E-state index in [-0.39, 0.29) is 5.41 Å². The number of rotatable bonds is 5. The van der Waals surface area contributed by atoms with Gasteiger partial charge in [-0.05, 0) is 37.8 Å². The smallest absolute Gasteiger partial charge is 0.142 e. The minimum absolute atomic E-state index is 0.133. The lowest BCUT2D eigenvalue weighted by Crippen LogP contribution is -2.45. The number of hydrogen-bond acceptors (Lipinski definition) is 4. The quantitative estimate of drug-likeness (QED) is 0.879. The minimum Gasteiger partial charge on any atom is -0.396 e. The third kappa shape index (κ3) is 3.31. The summed E-state index contributed by atoms with van der Waals surface area (Å²) in [5.41, 5.74) is 0.133. The molecule has 19 heavy (non-hydrogen) atoms. The molecule has 2 heterocycles. The molecule has 2 fully saturated rings. The first-order valence-electron chi connectivity index (χ1n) is 7.39. The molecule has 0 aromatic carbocycles. The van der Waals surface area contributed by atoms with Gasteiger partial charge in [0.25, 0.3) is 0 Å². The number of aliphatic hydroxyl groups excluding tert-OH is 1. The molecule has 0 bridgehead atoms. The zero-order valence-electron chi connectivity index (χ0n) is 11.5. The third-order valence-electron chi connectivity index (χ3n) is 4.48. The first-order chi connectivity index (χ1) is 9.30. The summed E-state index contributed by atoms with van der Waals surface area (Å²) in [5, 5.41) is 9.84. The molecule has 1 aromatic heterocycles. The van der Waals surface area contributed by atoms with Gasteiger partial charge in [-0.3, -0.25) is 4.90 Å². The normalized spacial score (nSPS) is 28.5. The van der Waals surface area contributed by atoms with Crippen LogP contribution in [-0.2, 0) is 6.54 Å². The highest BCUT2D eigenvalue weighted by atomic mass is 16.3. The Labute approximate surface area is 114 Å². The third-order valence-corrected chi connectivity index (χ3v) is 4.48. The molecule has 0 amide bonds. The monoisotopic (exact) mass is 261 g/mol. The van der Waals surface area contributed by atoms with Gasteiger partial charge in [0.15, 0.2) is 0 Å². The van der Waals surface area contributed by atoms with Crippen molar-refractivity contribution >= 4 is 0 Å². The fraction of sp³-hybridized carbons (Fsp3) is 0.733. The first kappa shape index (κ1) is 13.0. The molecule has 2 aliphatic rings. The highest BCUT2D eigenvalue weighted by Gasteiger charge is 2.39. The number of piperidine rings is 1. The van der Waals surface area contributed by atoms with Gasteiger partial charge in [0.05, 0.1) is 6.54 Å². The van der Waals surface area contributed by atoms with Crippen molar-refractivity contribution in [1.29, 1.82) is 0 Å². The Balaban J connectivity index is 1.63. The van der Waals surface area contributed by atoms with Crippen molar-refractivity contribution in [3.8, 4) is 0 Å². The molecule has 1 saturated heterocycles. The van der Waals surface area contributed by atoms with Gasteiger partial charge in [0.1, 0.15) is 5.82 Å². The number of aromatic nitrogens is 2. The second-order valence-electron chi connectivity index (χ2n) is 6.28. The van der Waals surface area contributed by atoms with Gasteiger partial charge in [-0.25, -0.2) is 9.97 Å². The fourth-order valence-corrected chi connectivity index (χ4v) is 3.35. The highest BCUT2D eigenvalue weighted by Crippen LogP contribution is 2.44. The summed E-state index contributed by atoms with van der Waals surface area (Å²) in [7, 11) is 0. The Hall–Kier alpha value is -1.00. The van der Waals surface area contributed by atoms with Crippen molar-refractivity contribution < 1.29 is 5.11 Å². The molecule has 0 spiro atoms. The van der Waals surface area contributed by atoms with E-state index in [9.17, 15) is 5.11 Å². The van der Waals surface area contributed by atoms with Crippen LogP contribution in [0, 0.1) is 11.3 Å². The van der Waals surface area contributed by atoms with Gasteiger partial charge in [0, 0.05) is 31.0 Å². The summed E-state index contributed by atoms with van der Waals surface area (Å²) >= 11 is 0. The van der Waals surface area contributed by atoms with E-state index in [1.54, 1.807) is 12.4 Å². The molecule has 1 atom stereocenters. The summed E-state index contributed by atoms with van der Waals surface area (Å²) in [6, 6.07) is 1.85. The average molecular weight is 261 g/mol. The summed E-state index contributed by atoms with van der Waals surface area (Å²) in [4.78, 5) is 11.0. The molecule has 1 aromatic rings. The molecule has 104 valence electrons. The Morgan fingerprint density at radius 1 is 1.32 bits per heavy atom. The summed E-state index contributed by atoms with van der Waals surface area (Å²) in [6.45, 7) is 3.24. The van der Waals surface area contributed by atoms with Crippen LogP contribution >= 0.6 is 0 Å². The van der Waals surface area contributed by atoms with Gasteiger partial charge < -0.3 is 5.11 Å². The molecule has 1 aliphatic heterocycles. The van der Waals surface area contributed by atoms with Crippen LogP contribution in [0.5, 0.6) is 0 Å². The SMILES string of the molecule is OCC1(CC2CC2)CCCN(Cc2ncccn2)C1. The predicted molar refractivity (Wildman–Crippen MR) is 73.4 cm³/mol. The Morgan fingerprint density at radius 2 is 2.11 bits per heavy atom. The van der Waals surface area contributed by atoms with Crippen molar-refractivity contribution in [2.75, 3.05) is 19.7 Å². The topological polar surface area (TPSA) is 49.2 Å². The molecule has 4 nitrogen and oxygen atoms in total. The number of nitrogens with zero attached hydrogens (tertiary/aromatic N) is 3. The lowest BCUT2D eigenvalue weighted by atomic mass is 9.76. The molecule has 0 radical (unpaired) electrons. The Kier molecular flexibility index (Phi) is 3.80. The van der Waals surface area contributed by atoms with Gasteiger partial charge >= 0.3 is 0 Å². The van der Waals surface area contributed by atoms with Gasteiger partial charge in [-0.2, -0.15) is 0 Å². The second-order valence-corrected chi connectivity index (χ2v) is 6.28. The summed E-state index contributed by atoms with van der Waals surface area (Å²) < 4.78 is 0. The number of aliphatic hydroxyl groups is 1. The van der Waals surface area contributed by atoms with Crippen LogP contribution < -0.4 is 0 Å². The van der Waals surface area contributed by atoms with E-state index in [0.717, 1.165) is 31.4 Å². The maximum Gasteiger partial charge on any atom is 0.142 e. The van der Waals surface area contributed by atoms with Crippen LogP contribution in [0.4, 0.5) is 0 Å². The molecule has 1 unspecified atom stereocenters. The summed E-state index contributed by atoms with van der Waals surface area (Å²) in [6.07, 6.45) is 9.89. The van der Waals surface area contributed by atoms with Crippen LogP contribution in [0.2, 0.25) is 0 Å². The van der Waals surface area contributed by atoms with Crippen molar-refractivity contribution in [3.05, 3.63) is 24.3 Å². The van der Waals surface area contributed by atoms with E-state index in [1.165, 1.54) is 32.1 Å². The maximum absolute atomic E-state index is 9.84. The van der Waals surface area contributed by atoms with Gasteiger partial charge in [0.2, 0.25) is 0 Å². The molecule has 1 aliphatic carbocycles. The summed E-state index contributed by atoms with van der Waals surface area (Å²) in [5.74, 6) is 1.77. The van der Waals surface area contributed by atoms with Crippen molar-refractivity contribution in [1.82, 2.24) is 14.9 Å². The van der Waals surface area contributed by atoms with Crippen molar-refractivity contribution in [3.63, 3.8) is 0 Å². The first-order valence-corrected chi connectivity index (χ1v) is 7.39. The van der Waals surface area contributed by atoms with Gasteiger partial charge in [-0.1, -0.05) is 12.8 Å². The van der Waals surface area contributed by atoms with Crippen molar-refractivity contribution in [2.24, 2.45) is 11.3 Å². The standard InChI is InChI=1S/C15H23N3O/c19-12-15(9-13-3-4-13)5-1-8-18(11-15)10-14-16-6-2-7-17-14/h2,6-7,13,19H,1,3-5,8-12H2. The van der Waals surface area contributed by atoms with Gasteiger partial charge in [-0.15, -0.1) is 0 Å². The molecule has 1 saturated carbocycles. The van der Waals surface area contributed by atoms with Crippen LogP contribution in [0.1, 0.15) is 37.9 Å². The van der Waals surface area contributed by atoms with E-state index < -0.39 is 0 Å². The maximum atomic E-state index is 9.84. The Bertz CT molecular complexity index is 407. The average Bonchev–Trinajstić information content (AvgIpc) is 3.24.